The monoisotopic (exact) mass is 314 g/mol. The molecular formula is C22H22N2. The second-order valence-electron chi connectivity index (χ2n) is 6.69. The summed E-state index contributed by atoms with van der Waals surface area (Å²) in [5.74, 6) is 0. The summed E-state index contributed by atoms with van der Waals surface area (Å²) in [7, 11) is 0. The molecule has 2 N–H and O–H groups in total. The number of fused-ring (bicyclic) bond motifs is 1. The van der Waals surface area contributed by atoms with Gasteiger partial charge in [-0.2, -0.15) is 0 Å². The zero-order valence-corrected chi connectivity index (χ0v) is 13.9. The second-order valence-corrected chi connectivity index (χ2v) is 6.69. The molecule has 4 rings (SSSR count). The van der Waals surface area contributed by atoms with Crippen molar-refractivity contribution < 1.29 is 0 Å². The first-order valence-corrected chi connectivity index (χ1v) is 8.47. The lowest BCUT2D eigenvalue weighted by molar-refractivity contribution is 0.354. The molecule has 2 heteroatoms. The molecule has 0 unspecified atom stereocenters. The number of nitrogens with one attached hydrogen (secondary N) is 2. The Labute approximate surface area is 143 Å². The van der Waals surface area contributed by atoms with E-state index in [4.69, 9.17) is 0 Å². The summed E-state index contributed by atoms with van der Waals surface area (Å²) in [6.07, 6.45) is 0.922. The molecule has 0 aliphatic carbocycles. The first-order valence-electron chi connectivity index (χ1n) is 8.47. The predicted molar refractivity (Wildman–Crippen MR) is 100 cm³/mol. The summed E-state index contributed by atoms with van der Waals surface area (Å²) >= 11 is 0. The molecule has 0 saturated carbocycles. The zero-order valence-electron chi connectivity index (χ0n) is 13.9. The van der Waals surface area contributed by atoms with Crippen molar-refractivity contribution >= 4 is 5.69 Å². The molecule has 2 atom stereocenters. The SMILES string of the molecule is C[C@@]1(Cc2ccccc2)Nc2ccccc2[C@H](c2ccccc2)N1. The molecule has 120 valence electrons. The van der Waals surface area contributed by atoms with Crippen LogP contribution in [0.5, 0.6) is 0 Å². The second kappa shape index (κ2) is 6.14. The van der Waals surface area contributed by atoms with Gasteiger partial charge in [0.25, 0.3) is 0 Å². The van der Waals surface area contributed by atoms with Crippen molar-refractivity contribution in [2.24, 2.45) is 0 Å². The highest BCUT2D eigenvalue weighted by atomic mass is 15.2. The highest BCUT2D eigenvalue weighted by Crippen LogP contribution is 2.36. The predicted octanol–water partition coefficient (Wildman–Crippen LogP) is 4.75. The van der Waals surface area contributed by atoms with Crippen LogP contribution in [0.15, 0.2) is 84.9 Å². The Balaban J connectivity index is 1.72. The Morgan fingerprint density at radius 2 is 1.42 bits per heavy atom. The van der Waals surface area contributed by atoms with Gasteiger partial charge in [0.05, 0.1) is 11.7 Å². The van der Waals surface area contributed by atoms with Crippen molar-refractivity contribution in [2.75, 3.05) is 5.32 Å². The Kier molecular flexibility index (Phi) is 3.83. The van der Waals surface area contributed by atoms with Gasteiger partial charge in [0.15, 0.2) is 0 Å². The number of rotatable bonds is 3. The van der Waals surface area contributed by atoms with Gasteiger partial charge in [-0.15, -0.1) is 0 Å². The third kappa shape index (κ3) is 2.93. The van der Waals surface area contributed by atoms with E-state index in [0.717, 1.165) is 6.42 Å². The van der Waals surface area contributed by atoms with E-state index >= 15 is 0 Å². The maximum Gasteiger partial charge on any atom is 0.0901 e. The van der Waals surface area contributed by atoms with Gasteiger partial charge in [-0.1, -0.05) is 78.9 Å². The number of benzene rings is 3. The fourth-order valence-electron chi connectivity index (χ4n) is 3.60. The first kappa shape index (κ1) is 15.0. The van der Waals surface area contributed by atoms with E-state index in [9.17, 15) is 0 Å². The van der Waals surface area contributed by atoms with Crippen LogP contribution in [-0.4, -0.2) is 5.66 Å². The summed E-state index contributed by atoms with van der Waals surface area (Å²) in [6, 6.07) is 30.1. The topological polar surface area (TPSA) is 24.1 Å². The Hall–Kier alpha value is -2.58. The molecule has 0 amide bonds. The third-order valence-corrected chi connectivity index (χ3v) is 4.68. The molecule has 0 fully saturated rings. The molecule has 1 aliphatic rings. The molecule has 1 aliphatic heterocycles. The molecule has 3 aromatic carbocycles. The number of hydrogen-bond acceptors (Lipinski definition) is 2. The maximum atomic E-state index is 3.84. The van der Waals surface area contributed by atoms with E-state index < -0.39 is 0 Å². The van der Waals surface area contributed by atoms with Crippen LogP contribution in [0, 0.1) is 0 Å². The van der Waals surface area contributed by atoms with Crippen LogP contribution in [0.4, 0.5) is 5.69 Å². The van der Waals surface area contributed by atoms with Gasteiger partial charge >= 0.3 is 0 Å². The smallest absolute Gasteiger partial charge is 0.0901 e. The van der Waals surface area contributed by atoms with Gasteiger partial charge in [-0.3, -0.25) is 5.32 Å². The standard InChI is InChI=1S/C22H22N2/c1-22(16-17-10-4-2-5-11-17)23-20-15-9-8-14-19(20)21(24-22)18-12-6-3-7-13-18/h2-15,21,23-24H,16H2,1H3/t21-,22+/m0/s1. The maximum absolute atomic E-state index is 3.84. The zero-order chi connectivity index (χ0) is 16.4. The van der Waals surface area contributed by atoms with Crippen LogP contribution in [0.1, 0.15) is 29.7 Å². The molecule has 0 saturated heterocycles. The van der Waals surface area contributed by atoms with Crippen molar-refractivity contribution in [3.8, 4) is 0 Å². The van der Waals surface area contributed by atoms with E-state index in [0.29, 0.717) is 0 Å². The average molecular weight is 314 g/mol. The average Bonchev–Trinajstić information content (AvgIpc) is 2.62. The van der Waals surface area contributed by atoms with E-state index in [2.05, 4.69) is 102 Å². The quantitative estimate of drug-likeness (QED) is 0.729. The van der Waals surface area contributed by atoms with Gasteiger partial charge in [-0.05, 0) is 29.7 Å². The lowest BCUT2D eigenvalue weighted by Crippen LogP contribution is -2.55. The molecule has 2 nitrogen and oxygen atoms in total. The summed E-state index contributed by atoms with van der Waals surface area (Å²) in [5, 5.41) is 7.55. The summed E-state index contributed by atoms with van der Waals surface area (Å²) in [4.78, 5) is 0. The number of para-hydroxylation sites is 1. The minimum atomic E-state index is -0.198. The largest absolute Gasteiger partial charge is 0.367 e. The molecule has 0 spiro atoms. The van der Waals surface area contributed by atoms with E-state index in [1.807, 2.05) is 0 Å². The minimum absolute atomic E-state index is 0.192. The van der Waals surface area contributed by atoms with E-state index in [1.165, 1.54) is 22.4 Å². The minimum Gasteiger partial charge on any atom is -0.367 e. The van der Waals surface area contributed by atoms with Crippen LogP contribution < -0.4 is 10.6 Å². The van der Waals surface area contributed by atoms with Gasteiger partial charge in [-0.25, -0.2) is 0 Å². The van der Waals surface area contributed by atoms with Crippen LogP contribution >= 0.6 is 0 Å². The van der Waals surface area contributed by atoms with Crippen molar-refractivity contribution in [1.29, 1.82) is 0 Å². The van der Waals surface area contributed by atoms with Crippen LogP contribution in [0.3, 0.4) is 0 Å². The summed E-state index contributed by atoms with van der Waals surface area (Å²) in [6.45, 7) is 2.24. The normalized spacial score (nSPS) is 22.5. The van der Waals surface area contributed by atoms with Gasteiger partial charge in [0, 0.05) is 12.1 Å². The van der Waals surface area contributed by atoms with Crippen molar-refractivity contribution in [3.63, 3.8) is 0 Å². The molecular weight excluding hydrogens is 292 g/mol. The van der Waals surface area contributed by atoms with Crippen molar-refractivity contribution in [3.05, 3.63) is 102 Å². The van der Waals surface area contributed by atoms with Gasteiger partial charge in [0.1, 0.15) is 0 Å². The Bertz CT molecular complexity index is 814. The Morgan fingerprint density at radius 3 is 2.17 bits per heavy atom. The fraction of sp³-hybridized carbons (Fsp3) is 0.182. The highest BCUT2D eigenvalue weighted by molar-refractivity contribution is 5.59. The molecule has 3 aromatic rings. The van der Waals surface area contributed by atoms with Crippen molar-refractivity contribution in [2.45, 2.75) is 25.0 Å². The van der Waals surface area contributed by atoms with Gasteiger partial charge < -0.3 is 5.32 Å². The third-order valence-electron chi connectivity index (χ3n) is 4.68. The summed E-state index contributed by atoms with van der Waals surface area (Å²) < 4.78 is 0. The molecule has 0 bridgehead atoms. The molecule has 0 radical (unpaired) electrons. The lowest BCUT2D eigenvalue weighted by atomic mass is 9.89. The summed E-state index contributed by atoms with van der Waals surface area (Å²) in [5.41, 5.74) is 4.94. The molecule has 1 heterocycles. The fourth-order valence-corrected chi connectivity index (χ4v) is 3.60. The number of hydrogen-bond donors (Lipinski definition) is 2. The van der Waals surface area contributed by atoms with Crippen LogP contribution in [-0.2, 0) is 6.42 Å². The molecule has 0 aromatic heterocycles. The van der Waals surface area contributed by atoms with E-state index in [1.54, 1.807) is 0 Å². The Morgan fingerprint density at radius 1 is 0.792 bits per heavy atom. The van der Waals surface area contributed by atoms with Crippen molar-refractivity contribution in [1.82, 2.24) is 5.32 Å². The highest BCUT2D eigenvalue weighted by Gasteiger charge is 2.34. The number of anilines is 1. The van der Waals surface area contributed by atoms with Crippen LogP contribution in [0.25, 0.3) is 0 Å². The van der Waals surface area contributed by atoms with Crippen LogP contribution in [0.2, 0.25) is 0 Å². The van der Waals surface area contributed by atoms with E-state index in [-0.39, 0.29) is 11.7 Å². The first-order chi connectivity index (χ1) is 11.7. The van der Waals surface area contributed by atoms with Gasteiger partial charge in [0.2, 0.25) is 0 Å². The molecule has 24 heavy (non-hydrogen) atoms. The lowest BCUT2D eigenvalue weighted by Gasteiger charge is -2.43.